The lowest BCUT2D eigenvalue weighted by molar-refractivity contribution is 0.400. The molecule has 17 heavy (non-hydrogen) atoms. The molecule has 0 amide bonds. The van der Waals surface area contributed by atoms with Gasteiger partial charge in [0.2, 0.25) is 0 Å². The average Bonchev–Trinajstić information content (AvgIpc) is 2.30. The van der Waals surface area contributed by atoms with Crippen molar-refractivity contribution < 1.29 is 0 Å². The molecule has 1 aromatic carbocycles. The van der Waals surface area contributed by atoms with Crippen LogP contribution in [0.25, 0.3) is 0 Å². The highest BCUT2D eigenvalue weighted by molar-refractivity contribution is 7.99. The summed E-state index contributed by atoms with van der Waals surface area (Å²) in [6.07, 6.45) is 2.67. The van der Waals surface area contributed by atoms with Crippen LogP contribution in [0.15, 0.2) is 18.2 Å². The van der Waals surface area contributed by atoms with Gasteiger partial charge in [0.1, 0.15) is 0 Å². The molecule has 1 heterocycles. The van der Waals surface area contributed by atoms with Crippen LogP contribution >= 0.6 is 11.8 Å². The molecule has 1 atom stereocenters. The van der Waals surface area contributed by atoms with Crippen LogP contribution in [-0.4, -0.2) is 18.1 Å². The van der Waals surface area contributed by atoms with Gasteiger partial charge in [-0.3, -0.25) is 0 Å². The van der Waals surface area contributed by atoms with E-state index >= 15 is 0 Å². The predicted molar refractivity (Wildman–Crippen MR) is 77.8 cm³/mol. The van der Waals surface area contributed by atoms with Gasteiger partial charge in [0.15, 0.2) is 0 Å². The third-order valence-electron chi connectivity index (χ3n) is 3.76. The van der Waals surface area contributed by atoms with Crippen LogP contribution in [0.3, 0.4) is 0 Å². The minimum absolute atomic E-state index is 0.564. The van der Waals surface area contributed by atoms with Gasteiger partial charge in [0.05, 0.1) is 0 Å². The molecule has 0 bridgehead atoms. The monoisotopic (exact) mass is 249 g/mol. The second-order valence-electron chi connectivity index (χ2n) is 5.21. The lowest BCUT2D eigenvalue weighted by Gasteiger charge is -2.30. The van der Waals surface area contributed by atoms with Gasteiger partial charge >= 0.3 is 0 Å². The first-order valence-electron chi connectivity index (χ1n) is 6.56. The summed E-state index contributed by atoms with van der Waals surface area (Å²) in [6, 6.07) is 6.90. The maximum atomic E-state index is 6.03. The van der Waals surface area contributed by atoms with Crippen molar-refractivity contribution in [3.8, 4) is 0 Å². The van der Waals surface area contributed by atoms with Gasteiger partial charge in [-0.05, 0) is 62.1 Å². The number of aryl methyl sites for hydroxylation is 2. The first-order chi connectivity index (χ1) is 8.20. The summed E-state index contributed by atoms with van der Waals surface area (Å²) in [5, 5.41) is 0. The van der Waals surface area contributed by atoms with Crippen molar-refractivity contribution in [3.63, 3.8) is 0 Å². The minimum atomic E-state index is 0.564. The minimum Gasteiger partial charge on any atom is -0.330 e. The molecular weight excluding hydrogens is 226 g/mol. The zero-order valence-electron chi connectivity index (χ0n) is 10.9. The van der Waals surface area contributed by atoms with E-state index in [0.29, 0.717) is 5.92 Å². The molecule has 1 aliphatic rings. The number of benzene rings is 1. The van der Waals surface area contributed by atoms with Crippen LogP contribution in [0.4, 0.5) is 0 Å². The zero-order chi connectivity index (χ0) is 12.3. The smallest absolute Gasteiger partial charge is 0.000555 e. The van der Waals surface area contributed by atoms with Crippen molar-refractivity contribution in [2.45, 2.75) is 32.6 Å². The van der Waals surface area contributed by atoms with Crippen LogP contribution in [-0.2, 0) is 0 Å². The fraction of sp³-hybridized carbons (Fsp3) is 0.600. The quantitative estimate of drug-likeness (QED) is 0.887. The van der Waals surface area contributed by atoms with Gasteiger partial charge in [-0.15, -0.1) is 0 Å². The van der Waals surface area contributed by atoms with Gasteiger partial charge < -0.3 is 5.73 Å². The molecule has 1 nitrogen and oxygen atoms in total. The first-order valence-corrected chi connectivity index (χ1v) is 7.72. The number of rotatable bonds is 3. The Balaban J connectivity index is 2.21. The van der Waals surface area contributed by atoms with E-state index in [0.717, 1.165) is 12.5 Å². The second kappa shape index (κ2) is 5.92. The Labute approximate surface area is 109 Å². The molecule has 0 saturated carbocycles. The third-order valence-corrected chi connectivity index (χ3v) is 4.81. The summed E-state index contributed by atoms with van der Waals surface area (Å²) >= 11 is 2.09. The van der Waals surface area contributed by atoms with E-state index in [2.05, 4.69) is 43.8 Å². The fourth-order valence-corrected chi connectivity index (χ4v) is 4.09. The molecule has 0 aliphatic carbocycles. The highest BCUT2D eigenvalue weighted by Crippen LogP contribution is 2.35. The van der Waals surface area contributed by atoms with Crippen LogP contribution in [0.2, 0.25) is 0 Å². The molecule has 1 aromatic rings. The van der Waals surface area contributed by atoms with Gasteiger partial charge in [0.25, 0.3) is 0 Å². The molecule has 1 aliphatic heterocycles. The van der Waals surface area contributed by atoms with Crippen LogP contribution < -0.4 is 5.73 Å². The van der Waals surface area contributed by atoms with E-state index in [4.69, 9.17) is 5.73 Å². The normalized spacial score (nSPS) is 19.2. The van der Waals surface area contributed by atoms with Gasteiger partial charge in [-0.25, -0.2) is 0 Å². The number of thioether (sulfide) groups is 1. The van der Waals surface area contributed by atoms with Crippen LogP contribution in [0, 0.1) is 19.8 Å². The summed E-state index contributed by atoms with van der Waals surface area (Å²) < 4.78 is 0. The average molecular weight is 249 g/mol. The maximum absolute atomic E-state index is 6.03. The molecule has 0 aromatic heterocycles. The van der Waals surface area contributed by atoms with Crippen LogP contribution in [0.5, 0.6) is 0 Å². The molecule has 2 N–H and O–H groups in total. The molecule has 0 radical (unpaired) electrons. The number of hydrogen-bond donors (Lipinski definition) is 1. The second-order valence-corrected chi connectivity index (χ2v) is 6.44. The van der Waals surface area contributed by atoms with Crippen molar-refractivity contribution in [2.75, 3.05) is 18.1 Å². The van der Waals surface area contributed by atoms with E-state index in [1.54, 1.807) is 0 Å². The Morgan fingerprint density at radius 2 is 1.76 bits per heavy atom. The first kappa shape index (κ1) is 13.0. The van der Waals surface area contributed by atoms with Crippen molar-refractivity contribution in [1.29, 1.82) is 0 Å². The number of hydrogen-bond acceptors (Lipinski definition) is 2. The lowest BCUT2D eigenvalue weighted by Crippen LogP contribution is -2.25. The summed E-state index contributed by atoms with van der Waals surface area (Å²) in [5.41, 5.74) is 10.2. The molecule has 1 saturated heterocycles. The Kier molecular flexibility index (Phi) is 4.52. The molecule has 0 spiro atoms. The predicted octanol–water partition coefficient (Wildman–Crippen LogP) is 3.49. The van der Waals surface area contributed by atoms with Gasteiger partial charge in [-0.1, -0.05) is 29.3 Å². The Morgan fingerprint density at radius 1 is 1.18 bits per heavy atom. The van der Waals surface area contributed by atoms with E-state index in [9.17, 15) is 0 Å². The van der Waals surface area contributed by atoms with Crippen molar-refractivity contribution in [2.24, 2.45) is 11.7 Å². The Bertz CT molecular complexity index is 349. The van der Waals surface area contributed by atoms with Crippen molar-refractivity contribution in [1.82, 2.24) is 0 Å². The summed E-state index contributed by atoms with van der Waals surface area (Å²) in [5.74, 6) is 3.98. The SMILES string of the molecule is Cc1cc(C)cc(C(CN)C2CCSCC2)c1. The Morgan fingerprint density at radius 3 is 2.29 bits per heavy atom. The number of nitrogens with two attached hydrogens (primary N) is 1. The standard InChI is InChI=1S/C15H23NS/c1-11-7-12(2)9-14(8-11)15(10-16)13-3-5-17-6-4-13/h7-9,13,15H,3-6,10,16H2,1-2H3. The topological polar surface area (TPSA) is 26.0 Å². The maximum Gasteiger partial charge on any atom is -0.000555 e. The van der Waals surface area contributed by atoms with E-state index in [1.165, 1.54) is 41.0 Å². The Hall–Kier alpha value is -0.470. The van der Waals surface area contributed by atoms with Crippen molar-refractivity contribution >= 4 is 11.8 Å². The third kappa shape index (κ3) is 3.26. The fourth-order valence-electron chi connectivity index (χ4n) is 2.94. The van der Waals surface area contributed by atoms with Crippen LogP contribution in [0.1, 0.15) is 35.4 Å². The highest BCUT2D eigenvalue weighted by Gasteiger charge is 2.24. The van der Waals surface area contributed by atoms with Gasteiger partial charge in [-0.2, -0.15) is 11.8 Å². The van der Waals surface area contributed by atoms with E-state index in [-0.39, 0.29) is 0 Å². The van der Waals surface area contributed by atoms with Gasteiger partial charge in [0, 0.05) is 0 Å². The summed E-state index contributed by atoms with van der Waals surface area (Å²) in [6.45, 7) is 5.15. The summed E-state index contributed by atoms with van der Waals surface area (Å²) in [7, 11) is 0. The highest BCUT2D eigenvalue weighted by atomic mass is 32.2. The molecule has 1 fully saturated rings. The lowest BCUT2D eigenvalue weighted by atomic mass is 9.81. The van der Waals surface area contributed by atoms with E-state index in [1.807, 2.05) is 0 Å². The molecule has 2 rings (SSSR count). The molecule has 94 valence electrons. The molecule has 1 unspecified atom stereocenters. The van der Waals surface area contributed by atoms with Crippen molar-refractivity contribution in [3.05, 3.63) is 34.9 Å². The summed E-state index contributed by atoms with van der Waals surface area (Å²) in [4.78, 5) is 0. The largest absolute Gasteiger partial charge is 0.330 e. The molecular formula is C15H23NS. The van der Waals surface area contributed by atoms with E-state index < -0.39 is 0 Å². The molecule has 2 heteroatoms. The zero-order valence-corrected chi connectivity index (χ0v) is 11.7.